The Labute approximate surface area is 145 Å². The number of unbranched alkanes of at least 4 members (excludes halogenated alkanes) is 1. The van der Waals surface area contributed by atoms with Crippen LogP contribution in [-0.2, 0) is 4.79 Å². The molecule has 0 radical (unpaired) electrons. The van der Waals surface area contributed by atoms with Gasteiger partial charge in [0.25, 0.3) is 0 Å². The number of methoxy groups -OCH3 is 1. The summed E-state index contributed by atoms with van der Waals surface area (Å²) in [5, 5.41) is 6.58. The van der Waals surface area contributed by atoms with Crippen LogP contribution in [0.15, 0.2) is 24.3 Å². The number of hydrogen-bond acceptors (Lipinski definition) is 3. The molecule has 0 spiro atoms. The van der Waals surface area contributed by atoms with Gasteiger partial charge in [0.2, 0.25) is 5.91 Å². The predicted molar refractivity (Wildman–Crippen MR) is 96.2 cm³/mol. The highest BCUT2D eigenvalue weighted by Crippen LogP contribution is 2.23. The molecule has 1 aromatic carbocycles. The number of ether oxygens (including phenoxy) is 1. The molecule has 4 nitrogen and oxygen atoms in total. The quantitative estimate of drug-likeness (QED) is 0.799. The number of carbonyl (C=O) groups is 1. The summed E-state index contributed by atoms with van der Waals surface area (Å²) in [6, 6.07) is 8.15. The minimum absolute atomic E-state index is 0. The van der Waals surface area contributed by atoms with Crippen LogP contribution in [-0.4, -0.2) is 26.1 Å². The van der Waals surface area contributed by atoms with Gasteiger partial charge < -0.3 is 15.4 Å². The lowest BCUT2D eigenvalue weighted by atomic mass is 9.95. The van der Waals surface area contributed by atoms with Gasteiger partial charge in [0.05, 0.1) is 13.2 Å². The van der Waals surface area contributed by atoms with Crippen LogP contribution in [0.25, 0.3) is 0 Å². The SMILES string of the molecule is CCCCC(NC(=O)C1CCNCC1)c1ccc(OC)cc1.Cl. The highest BCUT2D eigenvalue weighted by atomic mass is 35.5. The smallest absolute Gasteiger partial charge is 0.223 e. The zero-order chi connectivity index (χ0) is 15.8. The van der Waals surface area contributed by atoms with Gasteiger partial charge in [-0.15, -0.1) is 12.4 Å². The lowest BCUT2D eigenvalue weighted by Crippen LogP contribution is -2.39. The van der Waals surface area contributed by atoms with Crippen LogP contribution >= 0.6 is 12.4 Å². The Morgan fingerprint density at radius 3 is 2.52 bits per heavy atom. The van der Waals surface area contributed by atoms with Crippen molar-refractivity contribution in [2.24, 2.45) is 5.92 Å². The van der Waals surface area contributed by atoms with Gasteiger partial charge >= 0.3 is 0 Å². The van der Waals surface area contributed by atoms with E-state index in [0.717, 1.165) is 56.5 Å². The average Bonchev–Trinajstić information content (AvgIpc) is 2.59. The van der Waals surface area contributed by atoms with Crippen LogP contribution in [0.5, 0.6) is 5.75 Å². The summed E-state index contributed by atoms with van der Waals surface area (Å²) >= 11 is 0. The van der Waals surface area contributed by atoms with Gasteiger partial charge in [0.1, 0.15) is 5.75 Å². The van der Waals surface area contributed by atoms with Crippen molar-refractivity contribution in [3.63, 3.8) is 0 Å². The van der Waals surface area contributed by atoms with Crippen molar-refractivity contribution in [1.29, 1.82) is 0 Å². The van der Waals surface area contributed by atoms with E-state index in [2.05, 4.69) is 29.7 Å². The number of benzene rings is 1. The lowest BCUT2D eigenvalue weighted by Gasteiger charge is -2.26. The minimum Gasteiger partial charge on any atom is -0.497 e. The molecule has 1 fully saturated rings. The maximum Gasteiger partial charge on any atom is 0.223 e. The van der Waals surface area contributed by atoms with Crippen LogP contribution in [0, 0.1) is 5.92 Å². The summed E-state index contributed by atoms with van der Waals surface area (Å²) in [6.45, 7) is 4.07. The Hall–Kier alpha value is -1.26. The third-order valence-corrected chi connectivity index (χ3v) is 4.39. The van der Waals surface area contributed by atoms with Crippen LogP contribution in [0.4, 0.5) is 0 Å². The maximum atomic E-state index is 12.5. The summed E-state index contributed by atoms with van der Waals surface area (Å²) in [7, 11) is 1.67. The fourth-order valence-corrected chi connectivity index (χ4v) is 2.94. The molecular formula is C18H29ClN2O2. The molecule has 1 saturated heterocycles. The number of carbonyl (C=O) groups excluding carboxylic acids is 1. The molecule has 1 aliphatic rings. The van der Waals surface area contributed by atoms with E-state index in [1.54, 1.807) is 7.11 Å². The van der Waals surface area contributed by atoms with Crippen LogP contribution in [0.2, 0.25) is 0 Å². The topological polar surface area (TPSA) is 50.4 Å². The van der Waals surface area contributed by atoms with Gasteiger partial charge in [-0.05, 0) is 50.0 Å². The molecule has 1 aliphatic heterocycles. The largest absolute Gasteiger partial charge is 0.497 e. The Bertz CT molecular complexity index is 459. The molecule has 2 N–H and O–H groups in total. The molecular weight excluding hydrogens is 312 g/mol. The summed E-state index contributed by atoms with van der Waals surface area (Å²) in [4.78, 5) is 12.5. The molecule has 2 rings (SSSR count). The highest BCUT2D eigenvalue weighted by molar-refractivity contribution is 5.85. The molecule has 0 saturated carbocycles. The molecule has 1 heterocycles. The van der Waals surface area contributed by atoms with E-state index in [1.165, 1.54) is 0 Å². The van der Waals surface area contributed by atoms with Gasteiger partial charge in [0.15, 0.2) is 0 Å². The van der Waals surface area contributed by atoms with Crippen molar-refractivity contribution < 1.29 is 9.53 Å². The lowest BCUT2D eigenvalue weighted by molar-refractivity contribution is -0.126. The number of piperidine rings is 1. The molecule has 1 aromatic rings. The molecule has 1 unspecified atom stereocenters. The third-order valence-electron chi connectivity index (χ3n) is 4.39. The molecule has 0 bridgehead atoms. The van der Waals surface area contributed by atoms with Gasteiger partial charge in [-0.1, -0.05) is 31.9 Å². The third kappa shape index (κ3) is 6.04. The van der Waals surface area contributed by atoms with Gasteiger partial charge in [0, 0.05) is 5.92 Å². The second kappa shape index (κ2) is 10.5. The molecule has 23 heavy (non-hydrogen) atoms. The van der Waals surface area contributed by atoms with E-state index < -0.39 is 0 Å². The highest BCUT2D eigenvalue weighted by Gasteiger charge is 2.23. The van der Waals surface area contributed by atoms with Crippen molar-refractivity contribution in [2.75, 3.05) is 20.2 Å². The summed E-state index contributed by atoms with van der Waals surface area (Å²) < 4.78 is 5.21. The van der Waals surface area contributed by atoms with Gasteiger partial charge in [-0.3, -0.25) is 4.79 Å². The molecule has 5 heteroatoms. The van der Waals surface area contributed by atoms with E-state index in [-0.39, 0.29) is 30.3 Å². The van der Waals surface area contributed by atoms with E-state index in [9.17, 15) is 4.79 Å². The fourth-order valence-electron chi connectivity index (χ4n) is 2.94. The number of amides is 1. The van der Waals surface area contributed by atoms with Crippen LogP contribution in [0.3, 0.4) is 0 Å². The van der Waals surface area contributed by atoms with Gasteiger partial charge in [-0.2, -0.15) is 0 Å². The van der Waals surface area contributed by atoms with Crippen LogP contribution < -0.4 is 15.4 Å². The predicted octanol–water partition coefficient (Wildman–Crippen LogP) is 3.46. The molecule has 1 atom stereocenters. The Morgan fingerprint density at radius 2 is 1.96 bits per heavy atom. The molecule has 1 amide bonds. The normalized spacial score (nSPS) is 16.3. The maximum absolute atomic E-state index is 12.5. The summed E-state index contributed by atoms with van der Waals surface area (Å²) in [5.41, 5.74) is 1.16. The van der Waals surface area contributed by atoms with E-state index in [4.69, 9.17) is 4.74 Å². The molecule has 0 aliphatic carbocycles. The van der Waals surface area contributed by atoms with E-state index in [0.29, 0.717) is 0 Å². The first-order valence-corrected chi connectivity index (χ1v) is 8.39. The number of nitrogens with one attached hydrogen (secondary N) is 2. The van der Waals surface area contributed by atoms with E-state index >= 15 is 0 Å². The van der Waals surface area contributed by atoms with Crippen molar-refractivity contribution in [2.45, 2.75) is 45.1 Å². The minimum atomic E-state index is 0. The number of halogens is 1. The van der Waals surface area contributed by atoms with E-state index in [1.807, 2.05) is 12.1 Å². The van der Waals surface area contributed by atoms with Crippen molar-refractivity contribution in [3.05, 3.63) is 29.8 Å². The first-order valence-electron chi connectivity index (χ1n) is 8.39. The average molecular weight is 341 g/mol. The standard InChI is InChI=1S/C18H28N2O2.ClH/c1-3-4-5-17(14-6-8-16(22-2)9-7-14)20-18(21)15-10-12-19-13-11-15;/h6-9,15,17,19H,3-5,10-13H2,1-2H3,(H,20,21);1H. The molecule has 0 aromatic heterocycles. The van der Waals surface area contributed by atoms with Crippen molar-refractivity contribution in [3.8, 4) is 5.75 Å². The number of rotatable bonds is 7. The van der Waals surface area contributed by atoms with Crippen molar-refractivity contribution >= 4 is 18.3 Å². The Kier molecular flexibility index (Phi) is 9.03. The summed E-state index contributed by atoms with van der Waals surface area (Å²) in [6.07, 6.45) is 5.11. The zero-order valence-electron chi connectivity index (χ0n) is 14.1. The Balaban J connectivity index is 0.00000264. The Morgan fingerprint density at radius 1 is 1.30 bits per heavy atom. The fraction of sp³-hybridized carbons (Fsp3) is 0.611. The first-order chi connectivity index (χ1) is 10.7. The summed E-state index contributed by atoms with van der Waals surface area (Å²) in [5.74, 6) is 1.21. The van der Waals surface area contributed by atoms with Crippen LogP contribution in [0.1, 0.15) is 50.6 Å². The second-order valence-electron chi connectivity index (χ2n) is 6.00. The monoisotopic (exact) mass is 340 g/mol. The number of hydrogen-bond donors (Lipinski definition) is 2. The first kappa shape index (κ1) is 19.8. The molecule has 130 valence electrons. The second-order valence-corrected chi connectivity index (χ2v) is 6.00. The van der Waals surface area contributed by atoms with Crippen molar-refractivity contribution in [1.82, 2.24) is 10.6 Å². The van der Waals surface area contributed by atoms with Gasteiger partial charge in [-0.25, -0.2) is 0 Å². The zero-order valence-corrected chi connectivity index (χ0v) is 15.0.